The number of rotatable bonds is 6. The topological polar surface area (TPSA) is 72.0 Å². The van der Waals surface area contributed by atoms with Crippen LogP contribution < -0.4 is 4.74 Å². The van der Waals surface area contributed by atoms with E-state index in [1.807, 2.05) is 62.1 Å². The fourth-order valence-electron chi connectivity index (χ4n) is 4.68. The van der Waals surface area contributed by atoms with Crippen LogP contribution in [0.5, 0.6) is 5.75 Å². The first-order valence-corrected chi connectivity index (χ1v) is 13.2. The molecule has 0 bridgehead atoms. The van der Waals surface area contributed by atoms with E-state index in [4.69, 9.17) is 9.47 Å². The van der Waals surface area contributed by atoms with Gasteiger partial charge in [0.2, 0.25) is 5.91 Å². The Morgan fingerprint density at radius 3 is 2.22 bits per heavy atom. The van der Waals surface area contributed by atoms with Crippen molar-refractivity contribution in [2.75, 3.05) is 32.8 Å². The smallest absolute Gasteiger partial charge is 0.410 e. The predicted octanol–water partition coefficient (Wildman–Crippen LogP) is 5.33. The van der Waals surface area contributed by atoms with Gasteiger partial charge in [0, 0.05) is 31.7 Å². The Bertz CT molecular complexity index is 1000. The highest BCUT2D eigenvalue weighted by Crippen LogP contribution is 2.23. The third kappa shape index (κ3) is 7.45. The van der Waals surface area contributed by atoms with E-state index in [-0.39, 0.29) is 12.0 Å². The number of nitrogens with zero attached hydrogens (tertiary/aromatic N) is 3. The Kier molecular flexibility index (Phi) is 8.49. The Morgan fingerprint density at radius 1 is 0.917 bits per heavy atom. The number of amides is 2. The summed E-state index contributed by atoms with van der Waals surface area (Å²) >= 11 is 0. The van der Waals surface area contributed by atoms with Gasteiger partial charge < -0.3 is 19.3 Å². The molecule has 0 unspecified atom stereocenters. The molecule has 1 aromatic heterocycles. The molecular weight excluding hydrogens is 454 g/mol. The van der Waals surface area contributed by atoms with Crippen LogP contribution in [-0.4, -0.2) is 65.2 Å². The van der Waals surface area contributed by atoms with E-state index in [0.29, 0.717) is 32.0 Å². The number of ether oxygens (including phenoxy) is 2. The maximum absolute atomic E-state index is 12.5. The first-order valence-electron chi connectivity index (χ1n) is 13.2. The third-order valence-electron chi connectivity index (χ3n) is 6.80. The number of carbonyl (C=O) groups excluding carboxylic acids is 2. The van der Waals surface area contributed by atoms with E-state index < -0.39 is 5.60 Å². The molecule has 2 aromatic rings. The second-order valence-corrected chi connectivity index (χ2v) is 10.9. The molecule has 0 atom stereocenters. The Balaban J connectivity index is 1.22. The summed E-state index contributed by atoms with van der Waals surface area (Å²) in [4.78, 5) is 33.1. The van der Waals surface area contributed by atoms with Crippen LogP contribution >= 0.6 is 0 Å². The van der Waals surface area contributed by atoms with Crippen LogP contribution in [-0.2, 0) is 16.0 Å². The molecule has 1 aromatic carbocycles. The number of hydrogen-bond donors (Lipinski definition) is 0. The number of hydrogen-bond acceptors (Lipinski definition) is 5. The molecule has 7 nitrogen and oxygen atoms in total. The van der Waals surface area contributed by atoms with Gasteiger partial charge in [-0.3, -0.25) is 9.78 Å². The van der Waals surface area contributed by atoms with E-state index in [9.17, 15) is 9.59 Å². The first kappa shape index (κ1) is 26.0. The average Bonchev–Trinajstić information content (AvgIpc) is 2.88. The number of carbonyl (C=O) groups is 2. The van der Waals surface area contributed by atoms with Crippen molar-refractivity contribution in [2.45, 2.75) is 64.9 Å². The fourth-order valence-corrected chi connectivity index (χ4v) is 4.68. The van der Waals surface area contributed by atoms with E-state index in [1.165, 1.54) is 6.42 Å². The summed E-state index contributed by atoms with van der Waals surface area (Å²) < 4.78 is 11.5. The molecule has 2 saturated heterocycles. The lowest BCUT2D eigenvalue weighted by atomic mass is 9.98. The van der Waals surface area contributed by atoms with Gasteiger partial charge in [-0.05, 0) is 76.5 Å². The standard InChI is InChI=1S/C29H39N3O4/c1-29(2,3)36-28(34)32-17-13-23(14-18-32)21-35-25-11-12-26(30-20-25)24-9-7-22(8-10-24)19-27(33)31-15-5-4-6-16-31/h7-12,20,23H,4-6,13-19,21H2,1-3H3. The molecule has 36 heavy (non-hydrogen) atoms. The minimum Gasteiger partial charge on any atom is -0.492 e. The second kappa shape index (κ2) is 11.8. The Labute approximate surface area is 214 Å². The van der Waals surface area contributed by atoms with Crippen molar-refractivity contribution in [1.29, 1.82) is 0 Å². The minimum atomic E-state index is -0.468. The number of likely N-dealkylation sites (tertiary alicyclic amines) is 2. The van der Waals surface area contributed by atoms with Crippen LogP contribution in [0.15, 0.2) is 42.6 Å². The summed E-state index contributed by atoms with van der Waals surface area (Å²) in [5, 5.41) is 0. The van der Waals surface area contributed by atoms with Gasteiger partial charge in [-0.25, -0.2) is 4.79 Å². The fraction of sp³-hybridized carbons (Fsp3) is 0.552. The van der Waals surface area contributed by atoms with E-state index in [1.54, 1.807) is 11.1 Å². The molecule has 7 heteroatoms. The summed E-state index contributed by atoms with van der Waals surface area (Å²) in [5.74, 6) is 1.37. The summed E-state index contributed by atoms with van der Waals surface area (Å²) in [5.41, 5.74) is 2.46. The average molecular weight is 494 g/mol. The molecule has 0 aliphatic carbocycles. The van der Waals surface area contributed by atoms with Gasteiger partial charge in [-0.2, -0.15) is 0 Å². The van der Waals surface area contributed by atoms with Crippen molar-refractivity contribution in [3.8, 4) is 17.0 Å². The van der Waals surface area contributed by atoms with Gasteiger partial charge in [0.05, 0.1) is 24.9 Å². The number of aromatic nitrogens is 1. The summed E-state index contributed by atoms with van der Waals surface area (Å²) in [6.45, 7) is 9.45. The lowest BCUT2D eigenvalue weighted by molar-refractivity contribution is -0.131. The van der Waals surface area contributed by atoms with Gasteiger partial charge in [0.15, 0.2) is 0 Å². The molecule has 0 radical (unpaired) electrons. The molecule has 0 N–H and O–H groups in total. The van der Waals surface area contributed by atoms with Crippen LogP contribution in [0.3, 0.4) is 0 Å². The van der Waals surface area contributed by atoms with Gasteiger partial charge in [-0.1, -0.05) is 24.3 Å². The van der Waals surface area contributed by atoms with Gasteiger partial charge in [0.1, 0.15) is 11.4 Å². The Hall–Kier alpha value is -3.09. The number of benzene rings is 1. The predicted molar refractivity (Wildman–Crippen MR) is 140 cm³/mol. The number of piperidine rings is 2. The quantitative estimate of drug-likeness (QED) is 0.544. The molecular formula is C29H39N3O4. The Morgan fingerprint density at radius 2 is 1.61 bits per heavy atom. The highest BCUT2D eigenvalue weighted by molar-refractivity contribution is 5.79. The van der Waals surface area contributed by atoms with E-state index in [0.717, 1.165) is 61.3 Å². The van der Waals surface area contributed by atoms with Crippen molar-refractivity contribution in [2.24, 2.45) is 5.92 Å². The zero-order valence-electron chi connectivity index (χ0n) is 21.9. The molecule has 3 heterocycles. The van der Waals surface area contributed by atoms with Crippen molar-refractivity contribution >= 4 is 12.0 Å². The van der Waals surface area contributed by atoms with Crippen molar-refractivity contribution in [3.05, 3.63) is 48.2 Å². The zero-order chi connectivity index (χ0) is 25.5. The molecule has 0 saturated carbocycles. The summed E-state index contributed by atoms with van der Waals surface area (Å²) in [6, 6.07) is 12.0. The zero-order valence-corrected chi connectivity index (χ0v) is 21.9. The van der Waals surface area contributed by atoms with Crippen molar-refractivity contribution in [1.82, 2.24) is 14.8 Å². The van der Waals surface area contributed by atoms with Gasteiger partial charge in [-0.15, -0.1) is 0 Å². The molecule has 2 aliphatic rings. The van der Waals surface area contributed by atoms with Crippen LogP contribution in [0.1, 0.15) is 58.4 Å². The summed E-state index contributed by atoms with van der Waals surface area (Å²) in [6.07, 6.45) is 7.24. The van der Waals surface area contributed by atoms with Crippen LogP contribution in [0.2, 0.25) is 0 Å². The SMILES string of the molecule is CC(C)(C)OC(=O)N1CCC(COc2ccc(-c3ccc(CC(=O)N4CCCCC4)cc3)nc2)CC1. The minimum absolute atomic E-state index is 0.220. The van der Waals surface area contributed by atoms with Crippen molar-refractivity contribution < 1.29 is 19.1 Å². The lowest BCUT2D eigenvalue weighted by Gasteiger charge is -2.33. The third-order valence-corrected chi connectivity index (χ3v) is 6.80. The molecule has 194 valence electrons. The largest absolute Gasteiger partial charge is 0.492 e. The van der Waals surface area contributed by atoms with Gasteiger partial charge in [0.25, 0.3) is 0 Å². The van der Waals surface area contributed by atoms with Crippen molar-refractivity contribution in [3.63, 3.8) is 0 Å². The highest BCUT2D eigenvalue weighted by Gasteiger charge is 2.27. The lowest BCUT2D eigenvalue weighted by Crippen LogP contribution is -2.42. The second-order valence-electron chi connectivity index (χ2n) is 10.9. The molecule has 4 rings (SSSR count). The van der Waals surface area contributed by atoms with Crippen LogP contribution in [0.4, 0.5) is 4.79 Å². The summed E-state index contributed by atoms with van der Waals surface area (Å²) in [7, 11) is 0. The monoisotopic (exact) mass is 493 g/mol. The first-order chi connectivity index (χ1) is 17.3. The van der Waals surface area contributed by atoms with Crippen LogP contribution in [0.25, 0.3) is 11.3 Å². The molecule has 0 spiro atoms. The van der Waals surface area contributed by atoms with Crippen LogP contribution in [0, 0.1) is 5.92 Å². The maximum Gasteiger partial charge on any atom is 0.410 e. The molecule has 2 fully saturated rings. The van der Waals surface area contributed by atoms with E-state index >= 15 is 0 Å². The number of pyridine rings is 1. The van der Waals surface area contributed by atoms with Gasteiger partial charge >= 0.3 is 6.09 Å². The maximum atomic E-state index is 12.5. The normalized spacial score (nSPS) is 17.1. The molecule has 2 aliphatic heterocycles. The molecule has 2 amide bonds. The highest BCUT2D eigenvalue weighted by atomic mass is 16.6. The van der Waals surface area contributed by atoms with E-state index in [2.05, 4.69) is 4.98 Å².